The number of hydrogen-bond acceptors (Lipinski definition) is 5. The summed E-state index contributed by atoms with van der Waals surface area (Å²) in [4.78, 5) is 12.9. The molecule has 82 valence electrons. The Morgan fingerprint density at radius 3 is 3.00 bits per heavy atom. The SMILES string of the molecule is Cn1cncc1-c1nc(N)c2c(n1)CSC2. The van der Waals surface area contributed by atoms with E-state index in [9.17, 15) is 0 Å². The van der Waals surface area contributed by atoms with E-state index in [1.54, 1.807) is 12.5 Å². The van der Waals surface area contributed by atoms with E-state index in [1.165, 1.54) is 0 Å². The first kappa shape index (κ1) is 9.65. The van der Waals surface area contributed by atoms with Crippen molar-refractivity contribution in [3.63, 3.8) is 0 Å². The van der Waals surface area contributed by atoms with Gasteiger partial charge < -0.3 is 10.3 Å². The van der Waals surface area contributed by atoms with Gasteiger partial charge in [0.15, 0.2) is 5.82 Å². The first-order valence-electron chi connectivity index (χ1n) is 4.95. The van der Waals surface area contributed by atoms with Gasteiger partial charge >= 0.3 is 0 Å². The van der Waals surface area contributed by atoms with Gasteiger partial charge in [-0.25, -0.2) is 15.0 Å². The van der Waals surface area contributed by atoms with Crippen LogP contribution < -0.4 is 5.73 Å². The Bertz CT molecular complexity index is 548. The number of imidazole rings is 1. The topological polar surface area (TPSA) is 69.6 Å². The third kappa shape index (κ3) is 1.37. The molecule has 3 heterocycles. The average molecular weight is 233 g/mol. The molecule has 0 spiro atoms. The van der Waals surface area contributed by atoms with E-state index in [4.69, 9.17) is 5.73 Å². The fraction of sp³-hybridized carbons (Fsp3) is 0.300. The van der Waals surface area contributed by atoms with Crippen molar-refractivity contribution in [2.45, 2.75) is 11.5 Å². The fourth-order valence-corrected chi connectivity index (χ4v) is 2.82. The van der Waals surface area contributed by atoms with E-state index in [-0.39, 0.29) is 0 Å². The van der Waals surface area contributed by atoms with Crippen molar-refractivity contribution < 1.29 is 0 Å². The van der Waals surface area contributed by atoms with Gasteiger partial charge in [-0.05, 0) is 0 Å². The fourth-order valence-electron chi connectivity index (χ4n) is 1.76. The van der Waals surface area contributed by atoms with Crippen molar-refractivity contribution in [1.29, 1.82) is 0 Å². The van der Waals surface area contributed by atoms with Gasteiger partial charge in [0, 0.05) is 24.1 Å². The molecular formula is C10H11N5S. The molecule has 6 heteroatoms. The summed E-state index contributed by atoms with van der Waals surface area (Å²) in [5.41, 5.74) is 8.99. The number of aromatic nitrogens is 4. The minimum atomic E-state index is 0.603. The predicted octanol–water partition coefficient (Wildman–Crippen LogP) is 1.21. The van der Waals surface area contributed by atoms with Gasteiger partial charge in [-0.1, -0.05) is 0 Å². The lowest BCUT2D eigenvalue weighted by Crippen LogP contribution is -2.04. The van der Waals surface area contributed by atoms with Gasteiger partial charge in [0.1, 0.15) is 11.5 Å². The minimum absolute atomic E-state index is 0.603. The van der Waals surface area contributed by atoms with Crippen molar-refractivity contribution >= 4 is 17.6 Å². The van der Waals surface area contributed by atoms with Crippen molar-refractivity contribution in [3.8, 4) is 11.5 Å². The number of thioether (sulfide) groups is 1. The normalized spacial score (nSPS) is 14.1. The Hall–Kier alpha value is -1.56. The van der Waals surface area contributed by atoms with Crippen LogP contribution in [-0.4, -0.2) is 19.5 Å². The highest BCUT2D eigenvalue weighted by atomic mass is 32.2. The molecule has 2 aromatic rings. The summed E-state index contributed by atoms with van der Waals surface area (Å²) in [5, 5.41) is 0. The molecule has 2 aromatic heterocycles. The quantitative estimate of drug-likeness (QED) is 0.801. The van der Waals surface area contributed by atoms with Crippen molar-refractivity contribution in [2.75, 3.05) is 5.73 Å². The molecule has 5 nitrogen and oxygen atoms in total. The molecule has 0 fully saturated rings. The van der Waals surface area contributed by atoms with Crippen molar-refractivity contribution in [3.05, 3.63) is 23.8 Å². The summed E-state index contributed by atoms with van der Waals surface area (Å²) >= 11 is 1.82. The molecule has 0 amide bonds. The highest BCUT2D eigenvalue weighted by Gasteiger charge is 2.19. The van der Waals surface area contributed by atoms with Gasteiger partial charge in [-0.2, -0.15) is 11.8 Å². The van der Waals surface area contributed by atoms with Crippen LogP contribution in [0.3, 0.4) is 0 Å². The number of nitrogens with two attached hydrogens (primary N) is 1. The first-order chi connectivity index (χ1) is 7.75. The predicted molar refractivity (Wildman–Crippen MR) is 63.6 cm³/mol. The number of anilines is 1. The van der Waals surface area contributed by atoms with Crippen LogP contribution in [0.2, 0.25) is 0 Å². The van der Waals surface area contributed by atoms with E-state index in [0.29, 0.717) is 11.6 Å². The summed E-state index contributed by atoms with van der Waals surface area (Å²) < 4.78 is 1.89. The third-order valence-electron chi connectivity index (χ3n) is 2.66. The van der Waals surface area contributed by atoms with Gasteiger partial charge in [0.25, 0.3) is 0 Å². The largest absolute Gasteiger partial charge is 0.383 e. The minimum Gasteiger partial charge on any atom is -0.383 e. The number of aryl methyl sites for hydroxylation is 1. The number of nitrogens with zero attached hydrogens (tertiary/aromatic N) is 4. The first-order valence-corrected chi connectivity index (χ1v) is 6.11. The van der Waals surface area contributed by atoms with Crippen molar-refractivity contribution in [1.82, 2.24) is 19.5 Å². The van der Waals surface area contributed by atoms with Crippen LogP contribution in [0.25, 0.3) is 11.5 Å². The van der Waals surface area contributed by atoms with E-state index in [0.717, 1.165) is 28.5 Å². The van der Waals surface area contributed by atoms with Crippen LogP contribution in [0.5, 0.6) is 0 Å². The third-order valence-corrected chi connectivity index (χ3v) is 3.63. The zero-order valence-electron chi connectivity index (χ0n) is 8.84. The number of fused-ring (bicyclic) bond motifs is 1. The molecular weight excluding hydrogens is 222 g/mol. The molecule has 1 aliphatic rings. The maximum absolute atomic E-state index is 5.93. The van der Waals surface area contributed by atoms with Crippen LogP contribution >= 0.6 is 11.8 Å². The zero-order chi connectivity index (χ0) is 11.1. The number of rotatable bonds is 1. The molecule has 0 radical (unpaired) electrons. The summed E-state index contributed by atoms with van der Waals surface area (Å²) in [6, 6.07) is 0. The Kier molecular flexibility index (Phi) is 2.10. The molecule has 0 saturated heterocycles. The second-order valence-electron chi connectivity index (χ2n) is 3.74. The maximum atomic E-state index is 5.93. The number of hydrogen-bond donors (Lipinski definition) is 1. The Morgan fingerprint density at radius 1 is 1.38 bits per heavy atom. The maximum Gasteiger partial charge on any atom is 0.180 e. The molecule has 0 bridgehead atoms. The number of nitrogen functional groups attached to an aromatic ring is 1. The highest BCUT2D eigenvalue weighted by Crippen LogP contribution is 2.32. The van der Waals surface area contributed by atoms with Gasteiger partial charge in [-0.15, -0.1) is 0 Å². The van der Waals surface area contributed by atoms with Gasteiger partial charge in [0.05, 0.1) is 18.2 Å². The summed E-state index contributed by atoms with van der Waals surface area (Å²) in [6.45, 7) is 0. The van der Waals surface area contributed by atoms with Crippen LogP contribution in [0.15, 0.2) is 12.5 Å². The second-order valence-corrected chi connectivity index (χ2v) is 4.73. The lowest BCUT2D eigenvalue weighted by molar-refractivity contribution is 0.905. The lowest BCUT2D eigenvalue weighted by Gasteiger charge is -2.06. The molecule has 0 aromatic carbocycles. The van der Waals surface area contributed by atoms with Crippen LogP contribution in [0, 0.1) is 0 Å². The summed E-state index contributed by atoms with van der Waals surface area (Å²) in [7, 11) is 1.92. The monoisotopic (exact) mass is 233 g/mol. The van der Waals surface area contributed by atoms with Crippen LogP contribution in [-0.2, 0) is 18.6 Å². The molecule has 2 N–H and O–H groups in total. The molecule has 0 atom stereocenters. The smallest absolute Gasteiger partial charge is 0.180 e. The second kappa shape index (κ2) is 3.48. The molecule has 0 saturated carbocycles. The average Bonchev–Trinajstić information content (AvgIpc) is 2.85. The van der Waals surface area contributed by atoms with Crippen LogP contribution in [0.1, 0.15) is 11.3 Å². The van der Waals surface area contributed by atoms with Gasteiger partial charge in [0.2, 0.25) is 0 Å². The molecule has 16 heavy (non-hydrogen) atoms. The van der Waals surface area contributed by atoms with E-state index >= 15 is 0 Å². The van der Waals surface area contributed by atoms with E-state index in [1.807, 2.05) is 23.4 Å². The Labute approximate surface area is 97.1 Å². The summed E-state index contributed by atoms with van der Waals surface area (Å²) in [5.74, 6) is 3.12. The Morgan fingerprint density at radius 2 is 2.25 bits per heavy atom. The zero-order valence-corrected chi connectivity index (χ0v) is 9.66. The van der Waals surface area contributed by atoms with E-state index in [2.05, 4.69) is 15.0 Å². The Balaban J connectivity index is 2.17. The summed E-state index contributed by atoms with van der Waals surface area (Å²) in [6.07, 6.45) is 3.49. The highest BCUT2D eigenvalue weighted by molar-refractivity contribution is 7.98. The molecule has 1 aliphatic heterocycles. The standard InChI is InChI=1S/C10H11N5S/c1-15-5-12-2-8(15)10-13-7-4-16-3-6(7)9(11)14-10/h2,5H,3-4H2,1H3,(H2,11,13,14). The van der Waals surface area contributed by atoms with Gasteiger partial charge in [-0.3, -0.25) is 0 Å². The molecule has 0 aliphatic carbocycles. The molecule has 0 unspecified atom stereocenters. The van der Waals surface area contributed by atoms with Crippen molar-refractivity contribution in [2.24, 2.45) is 7.05 Å². The van der Waals surface area contributed by atoms with E-state index < -0.39 is 0 Å². The molecule has 3 rings (SSSR count). The van der Waals surface area contributed by atoms with Crippen LogP contribution in [0.4, 0.5) is 5.82 Å². The lowest BCUT2D eigenvalue weighted by atomic mass is 10.2.